The molecule has 1 aliphatic heterocycles. The van der Waals surface area contributed by atoms with E-state index in [2.05, 4.69) is 10.3 Å². The van der Waals surface area contributed by atoms with Crippen LogP contribution in [0.25, 0.3) is 0 Å². The van der Waals surface area contributed by atoms with Gasteiger partial charge in [-0.05, 0) is 44.4 Å². The Morgan fingerprint density at radius 1 is 1.24 bits per heavy atom. The zero-order valence-electron chi connectivity index (χ0n) is 15.0. The van der Waals surface area contributed by atoms with E-state index >= 15 is 0 Å². The molecule has 1 aliphatic rings. The van der Waals surface area contributed by atoms with Crippen molar-refractivity contribution >= 4 is 12.1 Å². The fourth-order valence-electron chi connectivity index (χ4n) is 2.71. The number of benzene rings is 1. The first-order chi connectivity index (χ1) is 12.1. The van der Waals surface area contributed by atoms with Crippen LogP contribution in [0.3, 0.4) is 0 Å². The van der Waals surface area contributed by atoms with E-state index in [9.17, 15) is 4.79 Å². The van der Waals surface area contributed by atoms with Crippen LogP contribution in [0.4, 0.5) is 4.79 Å². The van der Waals surface area contributed by atoms with Crippen LogP contribution in [0.2, 0.25) is 0 Å². The number of piperidine rings is 1. The Bertz CT molecular complexity index is 566. The standard InChI is InChI=1S/C18H28N4O3/c1-3-24-16-7-5-14(6-8-16)13-20-17(19)21-15-9-11-22(12-10-15)18(23)25-4-2/h5-8,15H,3-4,9-13H2,1-2H3,(H3,19,20,21). The molecule has 0 aliphatic carbocycles. The third kappa shape index (κ3) is 6.17. The highest BCUT2D eigenvalue weighted by Crippen LogP contribution is 2.13. The first kappa shape index (κ1) is 18.9. The van der Waals surface area contributed by atoms with Crippen LogP contribution < -0.4 is 15.8 Å². The normalized spacial score (nSPS) is 15.8. The van der Waals surface area contributed by atoms with Gasteiger partial charge >= 0.3 is 6.09 Å². The van der Waals surface area contributed by atoms with E-state index in [0.29, 0.717) is 38.8 Å². The van der Waals surface area contributed by atoms with Crippen molar-refractivity contribution in [1.82, 2.24) is 10.2 Å². The molecular weight excluding hydrogens is 320 g/mol. The molecular formula is C18H28N4O3. The Morgan fingerprint density at radius 2 is 1.92 bits per heavy atom. The monoisotopic (exact) mass is 348 g/mol. The van der Waals surface area contributed by atoms with E-state index in [1.54, 1.807) is 4.90 Å². The number of hydrogen-bond acceptors (Lipinski definition) is 4. The van der Waals surface area contributed by atoms with Gasteiger partial charge in [0.25, 0.3) is 0 Å². The third-order valence-corrected chi connectivity index (χ3v) is 4.04. The Kier molecular flexibility index (Phi) is 7.37. The van der Waals surface area contributed by atoms with Gasteiger partial charge in [0.15, 0.2) is 5.96 Å². The molecule has 1 aromatic rings. The highest BCUT2D eigenvalue weighted by atomic mass is 16.6. The van der Waals surface area contributed by atoms with Gasteiger partial charge in [0.1, 0.15) is 5.75 Å². The molecule has 0 radical (unpaired) electrons. The van der Waals surface area contributed by atoms with E-state index in [0.717, 1.165) is 24.2 Å². The molecule has 7 nitrogen and oxygen atoms in total. The lowest BCUT2D eigenvalue weighted by Gasteiger charge is -2.31. The molecule has 0 unspecified atom stereocenters. The summed E-state index contributed by atoms with van der Waals surface area (Å²) < 4.78 is 10.4. The Morgan fingerprint density at radius 3 is 2.52 bits per heavy atom. The second-order valence-electron chi connectivity index (χ2n) is 5.88. The first-order valence-corrected chi connectivity index (χ1v) is 8.82. The molecule has 0 spiro atoms. The number of likely N-dealkylation sites (tertiary alicyclic amines) is 1. The van der Waals surface area contributed by atoms with E-state index < -0.39 is 0 Å². The van der Waals surface area contributed by atoms with Gasteiger partial charge in [0.05, 0.1) is 19.8 Å². The summed E-state index contributed by atoms with van der Waals surface area (Å²) in [5.74, 6) is 1.29. The number of carbonyl (C=O) groups excluding carboxylic acids is 1. The van der Waals surface area contributed by atoms with Crippen molar-refractivity contribution in [3.63, 3.8) is 0 Å². The lowest BCUT2D eigenvalue weighted by Crippen LogP contribution is -2.48. The number of nitrogens with one attached hydrogen (secondary N) is 1. The van der Waals surface area contributed by atoms with Crippen LogP contribution in [-0.2, 0) is 11.3 Å². The maximum atomic E-state index is 11.7. The fraction of sp³-hybridized carbons (Fsp3) is 0.556. The SMILES string of the molecule is CCOC(=O)N1CCC(NC(N)=NCc2ccc(OCC)cc2)CC1. The van der Waals surface area contributed by atoms with Crippen molar-refractivity contribution in [2.24, 2.45) is 10.7 Å². The molecule has 1 saturated heterocycles. The summed E-state index contributed by atoms with van der Waals surface area (Å²) in [5, 5.41) is 3.24. The molecule has 2 rings (SSSR count). The largest absolute Gasteiger partial charge is 0.494 e. The molecule has 7 heteroatoms. The number of ether oxygens (including phenoxy) is 2. The molecule has 25 heavy (non-hydrogen) atoms. The quantitative estimate of drug-likeness (QED) is 0.607. The molecule has 0 saturated carbocycles. The minimum Gasteiger partial charge on any atom is -0.494 e. The number of nitrogens with two attached hydrogens (primary N) is 1. The summed E-state index contributed by atoms with van der Waals surface area (Å²) in [6.07, 6.45) is 1.42. The van der Waals surface area contributed by atoms with Gasteiger partial charge in [-0.1, -0.05) is 12.1 Å². The summed E-state index contributed by atoms with van der Waals surface area (Å²) in [4.78, 5) is 17.8. The topological polar surface area (TPSA) is 89.2 Å². The Hall–Kier alpha value is -2.44. The zero-order chi connectivity index (χ0) is 18.1. The molecule has 3 N–H and O–H groups in total. The van der Waals surface area contributed by atoms with Gasteiger partial charge in [-0.3, -0.25) is 0 Å². The molecule has 0 aromatic heterocycles. The highest BCUT2D eigenvalue weighted by Gasteiger charge is 2.23. The van der Waals surface area contributed by atoms with Gasteiger partial charge in [0.2, 0.25) is 0 Å². The summed E-state index contributed by atoms with van der Waals surface area (Å²) >= 11 is 0. The van der Waals surface area contributed by atoms with E-state index in [1.807, 2.05) is 38.1 Å². The number of hydrogen-bond donors (Lipinski definition) is 2. The van der Waals surface area contributed by atoms with Gasteiger partial charge in [0, 0.05) is 19.1 Å². The van der Waals surface area contributed by atoms with Crippen LogP contribution in [0.5, 0.6) is 5.75 Å². The number of carbonyl (C=O) groups is 1. The average Bonchev–Trinajstić information content (AvgIpc) is 2.62. The van der Waals surface area contributed by atoms with E-state index in [-0.39, 0.29) is 12.1 Å². The predicted octanol–water partition coefficient (Wildman–Crippen LogP) is 2.11. The van der Waals surface area contributed by atoms with Crippen molar-refractivity contribution < 1.29 is 14.3 Å². The fourth-order valence-corrected chi connectivity index (χ4v) is 2.71. The van der Waals surface area contributed by atoms with Crippen molar-refractivity contribution in [1.29, 1.82) is 0 Å². The lowest BCUT2D eigenvalue weighted by atomic mass is 10.1. The van der Waals surface area contributed by atoms with Crippen LogP contribution in [0.1, 0.15) is 32.3 Å². The van der Waals surface area contributed by atoms with Crippen LogP contribution in [0.15, 0.2) is 29.3 Å². The van der Waals surface area contributed by atoms with Crippen LogP contribution >= 0.6 is 0 Å². The second-order valence-corrected chi connectivity index (χ2v) is 5.88. The van der Waals surface area contributed by atoms with Gasteiger partial charge in [-0.15, -0.1) is 0 Å². The zero-order valence-corrected chi connectivity index (χ0v) is 15.0. The lowest BCUT2D eigenvalue weighted by molar-refractivity contribution is 0.0963. The Labute approximate surface area is 149 Å². The Balaban J connectivity index is 1.75. The number of aliphatic imine (C=N–C) groups is 1. The van der Waals surface area contributed by atoms with Crippen molar-refractivity contribution in [2.75, 3.05) is 26.3 Å². The maximum absolute atomic E-state index is 11.7. The summed E-state index contributed by atoms with van der Waals surface area (Å²) in [6, 6.07) is 8.07. The molecule has 1 fully saturated rings. The molecule has 0 atom stereocenters. The van der Waals surface area contributed by atoms with Crippen LogP contribution in [0, 0.1) is 0 Å². The van der Waals surface area contributed by atoms with E-state index in [1.165, 1.54) is 0 Å². The minimum atomic E-state index is -0.238. The average molecular weight is 348 g/mol. The molecule has 138 valence electrons. The van der Waals surface area contributed by atoms with E-state index in [4.69, 9.17) is 15.2 Å². The van der Waals surface area contributed by atoms with Crippen molar-refractivity contribution in [3.8, 4) is 5.75 Å². The summed E-state index contributed by atoms with van der Waals surface area (Å²) in [7, 11) is 0. The highest BCUT2D eigenvalue weighted by molar-refractivity contribution is 5.78. The maximum Gasteiger partial charge on any atom is 0.409 e. The molecule has 1 heterocycles. The number of rotatable bonds is 6. The first-order valence-electron chi connectivity index (χ1n) is 8.82. The predicted molar refractivity (Wildman–Crippen MR) is 97.7 cm³/mol. The molecule has 1 amide bonds. The second kappa shape index (κ2) is 9.76. The van der Waals surface area contributed by atoms with Crippen LogP contribution in [-0.4, -0.2) is 49.3 Å². The third-order valence-electron chi connectivity index (χ3n) is 4.04. The summed E-state index contributed by atoms with van der Waals surface area (Å²) in [5.41, 5.74) is 7.06. The van der Waals surface area contributed by atoms with Crippen molar-refractivity contribution in [3.05, 3.63) is 29.8 Å². The smallest absolute Gasteiger partial charge is 0.409 e. The number of nitrogens with zero attached hydrogens (tertiary/aromatic N) is 2. The minimum absolute atomic E-state index is 0.231. The number of amides is 1. The summed E-state index contributed by atoms with van der Waals surface area (Å²) in [6.45, 7) is 6.69. The molecule has 1 aromatic carbocycles. The van der Waals surface area contributed by atoms with Gasteiger partial charge in [-0.25, -0.2) is 9.79 Å². The van der Waals surface area contributed by atoms with Crippen molar-refractivity contribution in [2.45, 2.75) is 39.3 Å². The number of guanidine groups is 1. The van der Waals surface area contributed by atoms with Gasteiger partial charge in [-0.2, -0.15) is 0 Å². The molecule has 0 bridgehead atoms. The van der Waals surface area contributed by atoms with Gasteiger partial charge < -0.3 is 25.4 Å².